The summed E-state index contributed by atoms with van der Waals surface area (Å²) in [6.45, 7) is 2.09. The Morgan fingerprint density at radius 3 is 2.21 bits per heavy atom. The van der Waals surface area contributed by atoms with Gasteiger partial charge in [0.1, 0.15) is 30.0 Å². The molecule has 0 aliphatic carbocycles. The van der Waals surface area contributed by atoms with Gasteiger partial charge in [-0.25, -0.2) is 17.6 Å². The van der Waals surface area contributed by atoms with Gasteiger partial charge in [-0.05, 0) is 61.2 Å². The van der Waals surface area contributed by atoms with Crippen LogP contribution in [0.5, 0.6) is 11.5 Å². The average Bonchev–Trinajstić information content (AvgIpc) is 2.79. The van der Waals surface area contributed by atoms with Crippen LogP contribution in [0.15, 0.2) is 54.6 Å². The Bertz CT molecular complexity index is 1470. The standard InChI is InChI=1S/C25H23F4NO7S/c1-24(2,38(3,34)35)21(23(32)33)30-22(31)19-10-6-15-12-16(26)7-11-18(15)20(19)36-13-14-4-8-17(9-5-14)37-25(27,28)29/h4-12,21H,13H2,1-3H3,(H,30,31)(H,32,33)/t21-/m1/s1. The van der Waals surface area contributed by atoms with E-state index in [1.807, 2.05) is 0 Å². The minimum absolute atomic E-state index is 0.0723. The number of carbonyl (C=O) groups is 2. The highest BCUT2D eigenvalue weighted by Crippen LogP contribution is 2.32. The van der Waals surface area contributed by atoms with Gasteiger partial charge in [-0.3, -0.25) is 4.79 Å². The lowest BCUT2D eigenvalue weighted by molar-refractivity contribution is -0.274. The monoisotopic (exact) mass is 557 g/mol. The van der Waals surface area contributed by atoms with Crippen LogP contribution in [0.2, 0.25) is 0 Å². The van der Waals surface area contributed by atoms with E-state index in [9.17, 15) is 40.7 Å². The molecule has 3 aromatic carbocycles. The maximum absolute atomic E-state index is 13.8. The summed E-state index contributed by atoms with van der Waals surface area (Å²) in [4.78, 5) is 25.1. The highest BCUT2D eigenvalue weighted by Gasteiger charge is 2.44. The number of sulfone groups is 1. The Labute approximate surface area is 215 Å². The zero-order valence-electron chi connectivity index (χ0n) is 20.3. The first-order valence-corrected chi connectivity index (χ1v) is 12.8. The van der Waals surface area contributed by atoms with Crippen molar-refractivity contribution >= 4 is 32.5 Å². The number of hydrogen-bond donors (Lipinski definition) is 2. The summed E-state index contributed by atoms with van der Waals surface area (Å²) in [5.74, 6) is -3.64. The average molecular weight is 558 g/mol. The van der Waals surface area contributed by atoms with E-state index < -0.39 is 50.4 Å². The van der Waals surface area contributed by atoms with Crippen LogP contribution in [0.4, 0.5) is 17.6 Å². The fourth-order valence-electron chi connectivity index (χ4n) is 3.51. The van der Waals surface area contributed by atoms with Gasteiger partial charge in [0.25, 0.3) is 5.91 Å². The number of halogens is 4. The van der Waals surface area contributed by atoms with Crippen LogP contribution >= 0.6 is 0 Å². The van der Waals surface area contributed by atoms with Crippen LogP contribution < -0.4 is 14.8 Å². The number of ether oxygens (including phenoxy) is 2. The Hall–Kier alpha value is -3.87. The second-order valence-electron chi connectivity index (χ2n) is 8.91. The molecular weight excluding hydrogens is 534 g/mol. The maximum atomic E-state index is 13.8. The molecule has 0 saturated heterocycles. The van der Waals surface area contributed by atoms with Crippen LogP contribution in [0.25, 0.3) is 10.8 Å². The van der Waals surface area contributed by atoms with E-state index in [-0.39, 0.29) is 23.3 Å². The Morgan fingerprint density at radius 2 is 1.66 bits per heavy atom. The van der Waals surface area contributed by atoms with Crippen molar-refractivity contribution in [3.63, 3.8) is 0 Å². The normalized spacial score (nSPS) is 13.1. The van der Waals surface area contributed by atoms with Gasteiger partial charge in [-0.15, -0.1) is 13.2 Å². The first-order valence-electron chi connectivity index (χ1n) is 10.9. The molecule has 0 bridgehead atoms. The number of carboxylic acid groups (broad SMARTS) is 1. The third-order valence-corrected chi connectivity index (χ3v) is 8.04. The van der Waals surface area contributed by atoms with Gasteiger partial charge in [0, 0.05) is 11.6 Å². The van der Waals surface area contributed by atoms with Crippen LogP contribution in [-0.4, -0.2) is 48.8 Å². The number of benzene rings is 3. The van der Waals surface area contributed by atoms with Crippen molar-refractivity contribution in [1.29, 1.82) is 0 Å². The largest absolute Gasteiger partial charge is 0.573 e. The molecule has 8 nitrogen and oxygen atoms in total. The van der Waals surface area contributed by atoms with E-state index in [4.69, 9.17) is 4.74 Å². The van der Waals surface area contributed by atoms with E-state index >= 15 is 0 Å². The summed E-state index contributed by atoms with van der Waals surface area (Å²) in [5.41, 5.74) is 0.225. The quantitative estimate of drug-likeness (QED) is 0.373. The molecule has 0 fully saturated rings. The SMILES string of the molecule is CC(C)([C@H](NC(=O)c1ccc2cc(F)ccc2c1OCc1ccc(OC(F)(F)F)cc1)C(=O)O)S(C)(=O)=O. The third-order valence-electron chi connectivity index (χ3n) is 5.89. The van der Waals surface area contributed by atoms with Crippen LogP contribution in [0.1, 0.15) is 29.8 Å². The molecular formula is C25H23F4NO7S. The molecule has 0 radical (unpaired) electrons. The van der Waals surface area contributed by atoms with Crippen molar-refractivity contribution in [1.82, 2.24) is 5.32 Å². The smallest absolute Gasteiger partial charge is 0.487 e. The number of rotatable bonds is 9. The predicted molar refractivity (Wildman–Crippen MR) is 129 cm³/mol. The summed E-state index contributed by atoms with van der Waals surface area (Å²) in [7, 11) is -3.93. The van der Waals surface area contributed by atoms with Gasteiger partial charge in [0.05, 0.1) is 10.3 Å². The number of carboxylic acids is 1. The van der Waals surface area contributed by atoms with Crippen molar-refractivity contribution in [3.8, 4) is 11.5 Å². The van der Waals surface area contributed by atoms with Crippen molar-refractivity contribution in [2.24, 2.45) is 0 Å². The van der Waals surface area contributed by atoms with Gasteiger partial charge >= 0.3 is 12.3 Å². The maximum Gasteiger partial charge on any atom is 0.573 e. The number of alkyl halides is 3. The molecule has 0 aromatic heterocycles. The summed E-state index contributed by atoms with van der Waals surface area (Å²) >= 11 is 0. The minimum Gasteiger partial charge on any atom is -0.487 e. The molecule has 2 N–H and O–H groups in total. The fraction of sp³-hybridized carbons (Fsp3) is 0.280. The van der Waals surface area contributed by atoms with Crippen LogP contribution in [-0.2, 0) is 21.2 Å². The first kappa shape index (κ1) is 28.7. The summed E-state index contributed by atoms with van der Waals surface area (Å²) in [6.07, 6.45) is -4.02. The topological polar surface area (TPSA) is 119 Å². The van der Waals surface area contributed by atoms with E-state index in [1.165, 1.54) is 36.4 Å². The Kier molecular flexibility index (Phi) is 7.91. The summed E-state index contributed by atoms with van der Waals surface area (Å²) in [6, 6.07) is 9.23. The molecule has 3 rings (SSSR count). The molecule has 0 heterocycles. The zero-order valence-corrected chi connectivity index (χ0v) is 21.1. The number of fused-ring (bicyclic) bond motifs is 1. The van der Waals surface area contributed by atoms with E-state index in [1.54, 1.807) is 0 Å². The second-order valence-corrected chi connectivity index (χ2v) is 11.5. The molecule has 0 aliphatic heterocycles. The fourth-order valence-corrected chi connectivity index (χ4v) is 4.09. The molecule has 0 spiro atoms. The Balaban J connectivity index is 1.97. The second kappa shape index (κ2) is 10.5. The number of hydrogen-bond acceptors (Lipinski definition) is 6. The molecule has 1 atom stereocenters. The molecule has 0 unspecified atom stereocenters. The number of amides is 1. The van der Waals surface area contributed by atoms with E-state index in [0.717, 1.165) is 38.3 Å². The molecule has 13 heteroatoms. The molecule has 0 aliphatic rings. The number of nitrogens with one attached hydrogen (secondary N) is 1. The van der Waals surface area contributed by atoms with Crippen molar-refractivity contribution in [2.45, 2.75) is 37.6 Å². The molecule has 1 amide bonds. The van der Waals surface area contributed by atoms with E-state index in [2.05, 4.69) is 10.1 Å². The van der Waals surface area contributed by atoms with E-state index in [0.29, 0.717) is 10.9 Å². The van der Waals surface area contributed by atoms with Crippen molar-refractivity contribution < 1.29 is 50.1 Å². The predicted octanol–water partition coefficient (Wildman–Crippen LogP) is 4.46. The lowest BCUT2D eigenvalue weighted by atomic mass is 10.0. The summed E-state index contributed by atoms with van der Waals surface area (Å²) in [5, 5.41) is 12.5. The van der Waals surface area contributed by atoms with Gasteiger partial charge < -0.3 is 19.9 Å². The van der Waals surface area contributed by atoms with Crippen molar-refractivity contribution in [3.05, 3.63) is 71.5 Å². The first-order chi connectivity index (χ1) is 17.5. The lowest BCUT2D eigenvalue weighted by Crippen LogP contribution is -2.57. The number of carbonyl (C=O) groups excluding carboxylic acids is 1. The Morgan fingerprint density at radius 1 is 1.03 bits per heavy atom. The van der Waals surface area contributed by atoms with Gasteiger partial charge in [-0.2, -0.15) is 0 Å². The highest BCUT2D eigenvalue weighted by molar-refractivity contribution is 7.92. The lowest BCUT2D eigenvalue weighted by Gasteiger charge is -2.30. The van der Waals surface area contributed by atoms with Gasteiger partial charge in [0.15, 0.2) is 9.84 Å². The highest BCUT2D eigenvalue weighted by atomic mass is 32.2. The van der Waals surface area contributed by atoms with Gasteiger partial charge in [-0.1, -0.05) is 18.2 Å². The molecule has 0 saturated carbocycles. The minimum atomic E-state index is -4.86. The number of aliphatic carboxylic acids is 1. The zero-order chi connectivity index (χ0) is 28.5. The molecule has 38 heavy (non-hydrogen) atoms. The third kappa shape index (κ3) is 6.52. The van der Waals surface area contributed by atoms with Crippen LogP contribution in [0.3, 0.4) is 0 Å². The van der Waals surface area contributed by atoms with Crippen LogP contribution in [0, 0.1) is 5.82 Å². The molecule has 3 aromatic rings. The summed E-state index contributed by atoms with van der Waals surface area (Å²) < 4.78 is 83.2. The van der Waals surface area contributed by atoms with Gasteiger partial charge in [0.2, 0.25) is 0 Å². The van der Waals surface area contributed by atoms with Crippen molar-refractivity contribution in [2.75, 3.05) is 6.26 Å². The molecule has 204 valence electrons.